The fourth-order valence-corrected chi connectivity index (χ4v) is 4.83. The standard InChI is InChI=1S/C25H34N4O3/c1-6-28-20-13-29(19(11-14(2)3)23(30)26-17-8-9-17)24(31)21(20)22(27-25(28)32)18-10-7-15(4)12-16(18)5/h7,10,12,14,17,19,22H,6,8-9,11,13H2,1-5H3,(H,26,30)(H,27,32)/t19-,22-/m1/s1. The maximum atomic E-state index is 13.8. The van der Waals surface area contributed by atoms with Crippen LogP contribution in [0.25, 0.3) is 0 Å². The zero-order chi connectivity index (χ0) is 23.2. The predicted molar refractivity (Wildman–Crippen MR) is 123 cm³/mol. The summed E-state index contributed by atoms with van der Waals surface area (Å²) in [5.41, 5.74) is 4.39. The quantitative estimate of drug-likeness (QED) is 0.686. The molecule has 0 saturated heterocycles. The first-order chi connectivity index (χ1) is 15.2. The molecule has 3 aliphatic rings. The van der Waals surface area contributed by atoms with Crippen LogP contribution in [0.2, 0.25) is 0 Å². The lowest BCUT2D eigenvalue weighted by molar-refractivity contribution is -0.137. The van der Waals surface area contributed by atoms with Gasteiger partial charge in [-0.1, -0.05) is 37.6 Å². The van der Waals surface area contributed by atoms with Crippen molar-refractivity contribution in [1.29, 1.82) is 0 Å². The Bertz CT molecular complexity index is 979. The Labute approximate surface area is 190 Å². The molecule has 0 aromatic heterocycles. The van der Waals surface area contributed by atoms with E-state index in [0.717, 1.165) is 35.2 Å². The molecule has 2 aliphatic heterocycles. The van der Waals surface area contributed by atoms with Gasteiger partial charge in [0.05, 0.1) is 23.9 Å². The molecule has 172 valence electrons. The van der Waals surface area contributed by atoms with E-state index in [2.05, 4.69) is 30.5 Å². The number of likely N-dealkylation sites (N-methyl/N-ethyl adjacent to an activating group) is 1. The number of rotatable bonds is 7. The van der Waals surface area contributed by atoms with E-state index in [0.29, 0.717) is 18.5 Å². The van der Waals surface area contributed by atoms with E-state index in [1.807, 2.05) is 32.9 Å². The van der Waals surface area contributed by atoms with E-state index in [1.165, 1.54) is 0 Å². The van der Waals surface area contributed by atoms with Gasteiger partial charge in [0.1, 0.15) is 6.04 Å². The smallest absolute Gasteiger partial charge is 0.322 e. The van der Waals surface area contributed by atoms with Crippen LogP contribution < -0.4 is 10.6 Å². The van der Waals surface area contributed by atoms with Crippen LogP contribution in [0.4, 0.5) is 4.79 Å². The molecular formula is C25H34N4O3. The molecule has 0 radical (unpaired) electrons. The second-order valence-corrected chi connectivity index (χ2v) is 9.71. The summed E-state index contributed by atoms with van der Waals surface area (Å²) in [7, 11) is 0. The number of urea groups is 1. The highest BCUT2D eigenvalue weighted by Crippen LogP contribution is 2.38. The van der Waals surface area contributed by atoms with Gasteiger partial charge in [-0.2, -0.15) is 0 Å². The Morgan fingerprint density at radius 3 is 2.53 bits per heavy atom. The highest BCUT2D eigenvalue weighted by Gasteiger charge is 2.47. The van der Waals surface area contributed by atoms with Crippen molar-refractivity contribution in [3.63, 3.8) is 0 Å². The van der Waals surface area contributed by atoms with E-state index in [1.54, 1.807) is 9.80 Å². The molecule has 2 atom stereocenters. The highest BCUT2D eigenvalue weighted by molar-refractivity contribution is 6.03. The minimum absolute atomic E-state index is 0.0835. The third-order valence-electron chi connectivity index (χ3n) is 6.60. The van der Waals surface area contributed by atoms with Gasteiger partial charge < -0.3 is 15.5 Å². The van der Waals surface area contributed by atoms with Crippen molar-refractivity contribution < 1.29 is 14.4 Å². The average molecular weight is 439 g/mol. The van der Waals surface area contributed by atoms with E-state index in [9.17, 15) is 14.4 Å². The molecule has 1 saturated carbocycles. The van der Waals surface area contributed by atoms with Crippen LogP contribution in [0.15, 0.2) is 29.5 Å². The first kappa shape index (κ1) is 22.4. The molecule has 1 fully saturated rings. The molecule has 0 bridgehead atoms. The molecule has 7 nitrogen and oxygen atoms in total. The number of hydrogen-bond acceptors (Lipinski definition) is 3. The predicted octanol–water partition coefficient (Wildman–Crippen LogP) is 3.18. The molecule has 7 heteroatoms. The second kappa shape index (κ2) is 8.60. The van der Waals surface area contributed by atoms with Gasteiger partial charge in [-0.15, -0.1) is 0 Å². The lowest BCUT2D eigenvalue weighted by Crippen LogP contribution is -2.49. The van der Waals surface area contributed by atoms with Crippen LogP contribution in [-0.4, -0.2) is 52.8 Å². The average Bonchev–Trinajstić information content (AvgIpc) is 3.47. The fourth-order valence-electron chi connectivity index (χ4n) is 4.83. The van der Waals surface area contributed by atoms with Crippen LogP contribution in [0, 0.1) is 19.8 Å². The molecule has 0 unspecified atom stereocenters. The number of amides is 4. The van der Waals surface area contributed by atoms with Gasteiger partial charge >= 0.3 is 6.03 Å². The summed E-state index contributed by atoms with van der Waals surface area (Å²) < 4.78 is 0. The summed E-state index contributed by atoms with van der Waals surface area (Å²) in [4.78, 5) is 43.2. The first-order valence-electron chi connectivity index (χ1n) is 11.7. The van der Waals surface area contributed by atoms with E-state index < -0.39 is 12.1 Å². The normalized spacial score (nSPS) is 21.8. The molecule has 0 spiro atoms. The largest absolute Gasteiger partial charge is 0.352 e. The van der Waals surface area contributed by atoms with Crippen LogP contribution in [0.5, 0.6) is 0 Å². The van der Waals surface area contributed by atoms with Crippen LogP contribution in [0.1, 0.15) is 62.8 Å². The summed E-state index contributed by atoms with van der Waals surface area (Å²) in [5, 5.41) is 6.13. The molecule has 1 aromatic rings. The lowest BCUT2D eigenvalue weighted by atomic mass is 9.91. The maximum Gasteiger partial charge on any atom is 0.322 e. The summed E-state index contributed by atoms with van der Waals surface area (Å²) >= 11 is 0. The molecule has 32 heavy (non-hydrogen) atoms. The van der Waals surface area contributed by atoms with Crippen LogP contribution >= 0.6 is 0 Å². The van der Waals surface area contributed by atoms with E-state index in [-0.39, 0.29) is 36.3 Å². The van der Waals surface area contributed by atoms with Gasteiger partial charge in [-0.3, -0.25) is 14.5 Å². The summed E-state index contributed by atoms with van der Waals surface area (Å²) in [6.45, 7) is 10.8. The summed E-state index contributed by atoms with van der Waals surface area (Å²) in [6.07, 6.45) is 2.59. The van der Waals surface area contributed by atoms with Crippen molar-refractivity contribution in [3.8, 4) is 0 Å². The Morgan fingerprint density at radius 2 is 1.94 bits per heavy atom. The van der Waals surface area contributed by atoms with Crippen molar-refractivity contribution in [3.05, 3.63) is 46.2 Å². The number of nitrogens with zero attached hydrogens (tertiary/aromatic N) is 2. The summed E-state index contributed by atoms with van der Waals surface area (Å²) in [6, 6.07) is 5.04. The molecule has 4 rings (SSSR count). The van der Waals surface area contributed by atoms with Gasteiger partial charge in [-0.25, -0.2) is 4.79 Å². The van der Waals surface area contributed by atoms with Crippen molar-refractivity contribution >= 4 is 17.8 Å². The Morgan fingerprint density at radius 1 is 1.22 bits per heavy atom. The lowest BCUT2D eigenvalue weighted by Gasteiger charge is -2.33. The van der Waals surface area contributed by atoms with Crippen molar-refractivity contribution in [2.45, 2.75) is 72.0 Å². The number of carbonyl (C=O) groups is 3. The van der Waals surface area contributed by atoms with Crippen molar-refractivity contribution in [2.24, 2.45) is 5.92 Å². The monoisotopic (exact) mass is 438 g/mol. The van der Waals surface area contributed by atoms with Gasteiger partial charge in [0.25, 0.3) is 5.91 Å². The Balaban J connectivity index is 1.71. The third-order valence-corrected chi connectivity index (χ3v) is 6.60. The second-order valence-electron chi connectivity index (χ2n) is 9.71. The number of aryl methyl sites for hydroxylation is 2. The minimum atomic E-state index is -0.540. The Hall–Kier alpha value is -2.83. The SMILES string of the molecule is CCN1C(=O)N[C@H](c2ccc(C)cc2C)C2=C1CN([C@H](CC(C)C)C(=O)NC1CC1)C2=O. The zero-order valence-corrected chi connectivity index (χ0v) is 19.7. The molecule has 1 aliphatic carbocycles. The van der Waals surface area contributed by atoms with Gasteiger partial charge in [0, 0.05) is 12.6 Å². The van der Waals surface area contributed by atoms with Gasteiger partial charge in [0.2, 0.25) is 5.91 Å². The van der Waals surface area contributed by atoms with Gasteiger partial charge in [-0.05, 0) is 57.1 Å². The van der Waals surface area contributed by atoms with E-state index in [4.69, 9.17) is 0 Å². The van der Waals surface area contributed by atoms with Crippen LogP contribution in [0.3, 0.4) is 0 Å². The number of hydrogen-bond donors (Lipinski definition) is 2. The van der Waals surface area contributed by atoms with Crippen molar-refractivity contribution in [1.82, 2.24) is 20.4 Å². The molecular weight excluding hydrogens is 404 g/mol. The molecule has 4 amide bonds. The summed E-state index contributed by atoms with van der Waals surface area (Å²) in [5.74, 6) is 0.0207. The Kier molecular flexibility index (Phi) is 6.01. The molecule has 2 N–H and O–H groups in total. The minimum Gasteiger partial charge on any atom is -0.352 e. The van der Waals surface area contributed by atoms with Gasteiger partial charge in [0.15, 0.2) is 0 Å². The number of carbonyl (C=O) groups excluding carboxylic acids is 3. The number of nitrogens with one attached hydrogen (secondary N) is 2. The van der Waals surface area contributed by atoms with Crippen molar-refractivity contribution in [2.75, 3.05) is 13.1 Å². The third kappa shape index (κ3) is 4.12. The fraction of sp³-hybridized carbons (Fsp3) is 0.560. The first-order valence-corrected chi connectivity index (χ1v) is 11.7. The highest BCUT2D eigenvalue weighted by atomic mass is 16.2. The number of benzene rings is 1. The molecule has 2 heterocycles. The van der Waals surface area contributed by atoms with Crippen LogP contribution in [-0.2, 0) is 9.59 Å². The zero-order valence-electron chi connectivity index (χ0n) is 19.7. The van der Waals surface area contributed by atoms with E-state index >= 15 is 0 Å². The topological polar surface area (TPSA) is 81.8 Å². The maximum absolute atomic E-state index is 13.8. The molecule has 1 aromatic carbocycles.